The summed E-state index contributed by atoms with van der Waals surface area (Å²) in [6, 6.07) is 7.79. The monoisotopic (exact) mass is 519 g/mol. The van der Waals surface area contributed by atoms with E-state index in [1.807, 2.05) is 26.2 Å². The van der Waals surface area contributed by atoms with Crippen LogP contribution in [0, 0.1) is 5.82 Å². The molecule has 2 aromatic carbocycles. The first-order valence-corrected chi connectivity index (χ1v) is 12.5. The third-order valence-corrected chi connectivity index (χ3v) is 7.29. The summed E-state index contributed by atoms with van der Waals surface area (Å²) in [4.78, 5) is 10.8. The molecule has 186 valence electrons. The lowest BCUT2D eigenvalue weighted by Crippen LogP contribution is -2.42. The van der Waals surface area contributed by atoms with Crippen molar-refractivity contribution in [1.29, 1.82) is 0 Å². The standard InChI is InChI=1S/C25H28Cl2FN5O2/c1-33(2)7-8-34-21-12-20-17(11-22(21)35-16-9-14-3-4-15(10-16)31-14)25(30-13-29-20)32-19-6-5-18(26)23(27)24(19)28/h5-6,11-16,31H,3-4,7-10H2,1-2H3,(H,29,30,32)/t14-,15+,16-. The van der Waals surface area contributed by atoms with Crippen LogP contribution in [0.25, 0.3) is 10.9 Å². The third kappa shape index (κ3) is 5.40. The predicted octanol–water partition coefficient (Wildman–Crippen LogP) is 5.42. The van der Waals surface area contributed by atoms with Crippen LogP contribution in [0.5, 0.6) is 11.5 Å². The molecule has 0 saturated carbocycles. The first-order chi connectivity index (χ1) is 16.9. The van der Waals surface area contributed by atoms with Gasteiger partial charge in [-0.3, -0.25) is 0 Å². The lowest BCUT2D eigenvalue weighted by Gasteiger charge is -2.30. The first-order valence-electron chi connectivity index (χ1n) is 11.8. The van der Waals surface area contributed by atoms with Gasteiger partial charge < -0.3 is 25.0 Å². The summed E-state index contributed by atoms with van der Waals surface area (Å²) >= 11 is 11.9. The van der Waals surface area contributed by atoms with Crippen LogP contribution < -0.4 is 20.1 Å². The van der Waals surface area contributed by atoms with Gasteiger partial charge in [0.2, 0.25) is 0 Å². The van der Waals surface area contributed by atoms with Crippen molar-refractivity contribution in [3.8, 4) is 11.5 Å². The van der Waals surface area contributed by atoms with E-state index in [1.165, 1.54) is 31.3 Å². The topological polar surface area (TPSA) is 71.5 Å². The van der Waals surface area contributed by atoms with Crippen LogP contribution in [0.4, 0.5) is 15.9 Å². The molecule has 2 fully saturated rings. The van der Waals surface area contributed by atoms with E-state index in [1.54, 1.807) is 0 Å². The smallest absolute Gasteiger partial charge is 0.166 e. The van der Waals surface area contributed by atoms with Gasteiger partial charge in [0.05, 0.1) is 21.2 Å². The Hall–Kier alpha value is -2.39. The zero-order valence-electron chi connectivity index (χ0n) is 19.7. The molecule has 0 spiro atoms. The second kappa shape index (κ2) is 10.3. The number of hydrogen-bond donors (Lipinski definition) is 2. The summed E-state index contributed by atoms with van der Waals surface area (Å²) in [5, 5.41) is 7.37. The first kappa shape index (κ1) is 24.3. The summed E-state index contributed by atoms with van der Waals surface area (Å²) in [5.41, 5.74) is 0.823. The second-order valence-electron chi connectivity index (χ2n) is 9.39. The molecule has 10 heteroatoms. The van der Waals surface area contributed by atoms with Crippen LogP contribution in [0.2, 0.25) is 10.0 Å². The van der Waals surface area contributed by atoms with Gasteiger partial charge >= 0.3 is 0 Å². The summed E-state index contributed by atoms with van der Waals surface area (Å²) in [6.45, 7) is 1.28. The van der Waals surface area contributed by atoms with Crippen molar-refractivity contribution < 1.29 is 13.9 Å². The highest BCUT2D eigenvalue weighted by Gasteiger charge is 2.35. The maximum atomic E-state index is 14.7. The Morgan fingerprint density at radius 1 is 1.11 bits per heavy atom. The molecule has 2 saturated heterocycles. The quantitative estimate of drug-likeness (QED) is 0.385. The van der Waals surface area contributed by atoms with E-state index in [9.17, 15) is 4.39 Å². The van der Waals surface area contributed by atoms with Crippen LogP contribution in [0.1, 0.15) is 25.7 Å². The van der Waals surface area contributed by atoms with Crippen LogP contribution in [0.15, 0.2) is 30.6 Å². The van der Waals surface area contributed by atoms with Gasteiger partial charge in [0.15, 0.2) is 17.3 Å². The Kier molecular flexibility index (Phi) is 7.16. The van der Waals surface area contributed by atoms with Gasteiger partial charge in [-0.15, -0.1) is 0 Å². The van der Waals surface area contributed by atoms with Crippen molar-refractivity contribution in [3.05, 3.63) is 46.5 Å². The molecule has 2 N–H and O–H groups in total. The molecule has 35 heavy (non-hydrogen) atoms. The average Bonchev–Trinajstić information content (AvgIpc) is 3.17. The van der Waals surface area contributed by atoms with Crippen LogP contribution >= 0.6 is 23.2 Å². The molecule has 2 aliphatic heterocycles. The largest absolute Gasteiger partial charge is 0.488 e. The number of likely N-dealkylation sites (N-methyl/N-ethyl adjacent to an activating group) is 1. The van der Waals surface area contributed by atoms with Gasteiger partial charge in [-0.25, -0.2) is 14.4 Å². The molecule has 0 amide bonds. The van der Waals surface area contributed by atoms with Crippen LogP contribution in [-0.4, -0.2) is 60.3 Å². The minimum atomic E-state index is -0.642. The van der Waals surface area contributed by atoms with E-state index in [2.05, 4.69) is 25.5 Å². The number of rotatable bonds is 8. The Morgan fingerprint density at radius 3 is 2.63 bits per heavy atom. The third-order valence-electron chi connectivity index (χ3n) is 6.51. The fourth-order valence-corrected chi connectivity index (χ4v) is 5.05. The van der Waals surface area contributed by atoms with Gasteiger partial charge in [-0.1, -0.05) is 23.2 Å². The maximum Gasteiger partial charge on any atom is 0.166 e. The molecule has 2 bridgehead atoms. The molecule has 5 rings (SSSR count). The molecule has 3 heterocycles. The minimum absolute atomic E-state index is 0.0935. The zero-order chi connectivity index (χ0) is 24.5. The highest BCUT2D eigenvalue weighted by molar-refractivity contribution is 6.42. The van der Waals surface area contributed by atoms with Crippen molar-refractivity contribution in [3.63, 3.8) is 0 Å². The molecular formula is C25H28Cl2FN5O2. The van der Waals surface area contributed by atoms with Gasteiger partial charge in [0.1, 0.15) is 24.9 Å². The predicted molar refractivity (Wildman–Crippen MR) is 137 cm³/mol. The van der Waals surface area contributed by atoms with Crippen molar-refractivity contribution in [2.24, 2.45) is 0 Å². The minimum Gasteiger partial charge on any atom is -0.488 e. The number of nitrogens with one attached hydrogen (secondary N) is 2. The molecule has 0 unspecified atom stereocenters. The van der Waals surface area contributed by atoms with E-state index in [0.29, 0.717) is 46.9 Å². The fraction of sp³-hybridized carbons (Fsp3) is 0.440. The number of halogens is 3. The second-order valence-corrected chi connectivity index (χ2v) is 10.2. The van der Waals surface area contributed by atoms with Crippen molar-refractivity contribution >= 4 is 45.6 Å². The Labute approximate surface area is 213 Å². The zero-order valence-corrected chi connectivity index (χ0v) is 21.2. The highest BCUT2D eigenvalue weighted by Crippen LogP contribution is 2.39. The molecule has 3 atom stereocenters. The fourth-order valence-electron chi connectivity index (χ4n) is 4.74. The number of anilines is 2. The Bertz CT molecular complexity index is 1220. The van der Waals surface area contributed by atoms with Crippen molar-refractivity contribution in [1.82, 2.24) is 20.2 Å². The Morgan fingerprint density at radius 2 is 1.89 bits per heavy atom. The number of fused-ring (bicyclic) bond motifs is 3. The highest BCUT2D eigenvalue weighted by atomic mass is 35.5. The normalized spacial score (nSPS) is 21.5. The maximum absolute atomic E-state index is 14.7. The van der Waals surface area contributed by atoms with Gasteiger partial charge in [-0.2, -0.15) is 0 Å². The lowest BCUT2D eigenvalue weighted by molar-refractivity contribution is 0.130. The molecule has 2 aliphatic rings. The lowest BCUT2D eigenvalue weighted by atomic mass is 10.0. The molecular weight excluding hydrogens is 492 g/mol. The van der Waals surface area contributed by atoms with E-state index in [4.69, 9.17) is 32.7 Å². The number of benzene rings is 2. The number of hydrogen-bond acceptors (Lipinski definition) is 7. The van der Waals surface area contributed by atoms with Crippen molar-refractivity contribution in [2.75, 3.05) is 32.6 Å². The van der Waals surface area contributed by atoms with E-state index >= 15 is 0 Å². The number of piperidine rings is 1. The van der Waals surface area contributed by atoms with E-state index in [0.717, 1.165) is 19.4 Å². The van der Waals surface area contributed by atoms with Crippen LogP contribution in [0.3, 0.4) is 0 Å². The number of aromatic nitrogens is 2. The summed E-state index contributed by atoms with van der Waals surface area (Å²) in [6.07, 6.45) is 5.80. The molecule has 1 aromatic heterocycles. The SMILES string of the molecule is CN(C)CCOc1cc2ncnc(Nc3ccc(Cl)c(Cl)c3F)c2cc1O[C@@H]1C[C@H]2CC[C@@H](C1)N2. The van der Waals surface area contributed by atoms with Gasteiger partial charge in [0, 0.05) is 30.1 Å². The van der Waals surface area contributed by atoms with E-state index < -0.39 is 5.82 Å². The summed E-state index contributed by atoms with van der Waals surface area (Å²) < 4.78 is 27.3. The summed E-state index contributed by atoms with van der Waals surface area (Å²) in [5.74, 6) is 1.06. The molecule has 3 aromatic rings. The summed E-state index contributed by atoms with van der Waals surface area (Å²) in [7, 11) is 4.00. The molecule has 0 aliphatic carbocycles. The van der Waals surface area contributed by atoms with Gasteiger partial charge in [0.25, 0.3) is 0 Å². The average molecular weight is 520 g/mol. The molecule has 7 nitrogen and oxygen atoms in total. The number of ether oxygens (including phenoxy) is 2. The van der Waals surface area contributed by atoms with Crippen LogP contribution in [-0.2, 0) is 0 Å². The van der Waals surface area contributed by atoms with Crippen molar-refractivity contribution in [2.45, 2.75) is 43.9 Å². The van der Waals surface area contributed by atoms with Gasteiger partial charge in [-0.05, 0) is 58.0 Å². The number of nitrogens with zero attached hydrogens (tertiary/aromatic N) is 3. The van der Waals surface area contributed by atoms with E-state index in [-0.39, 0.29) is 21.8 Å². The molecule has 0 radical (unpaired) electrons. The Balaban J connectivity index is 1.49.